The third kappa shape index (κ3) is 3.62. The fourth-order valence-electron chi connectivity index (χ4n) is 3.17. The van der Waals surface area contributed by atoms with Gasteiger partial charge in [-0.1, -0.05) is 11.6 Å². The van der Waals surface area contributed by atoms with Gasteiger partial charge in [-0.3, -0.25) is 4.79 Å². The van der Waals surface area contributed by atoms with Gasteiger partial charge in [0.2, 0.25) is 11.8 Å². The number of halogens is 1. The number of carbonyl (C=O) groups is 1. The molecule has 5 nitrogen and oxygen atoms in total. The molecule has 0 saturated carbocycles. The monoisotopic (exact) mass is 348 g/mol. The van der Waals surface area contributed by atoms with Gasteiger partial charge in [0.15, 0.2) is 0 Å². The summed E-state index contributed by atoms with van der Waals surface area (Å²) in [6, 6.07) is 7.04. The van der Waals surface area contributed by atoms with Gasteiger partial charge >= 0.3 is 0 Å². The Labute approximate surface area is 146 Å². The van der Waals surface area contributed by atoms with E-state index in [0.29, 0.717) is 23.2 Å². The molecule has 1 aromatic carbocycles. The molecule has 1 aliphatic rings. The molecule has 1 fully saturated rings. The highest BCUT2D eigenvalue weighted by atomic mass is 35.5. The summed E-state index contributed by atoms with van der Waals surface area (Å²) in [4.78, 5) is 18.7. The molecule has 0 aliphatic carbocycles. The highest BCUT2D eigenvalue weighted by molar-refractivity contribution is 6.30. The van der Waals surface area contributed by atoms with Crippen molar-refractivity contribution in [2.75, 3.05) is 6.54 Å². The van der Waals surface area contributed by atoms with Crippen LogP contribution in [0, 0.1) is 0 Å². The van der Waals surface area contributed by atoms with Crippen LogP contribution in [0.1, 0.15) is 32.4 Å². The molecule has 2 heterocycles. The second-order valence-electron chi connectivity index (χ2n) is 6.73. The zero-order chi connectivity index (χ0) is 17.3. The Hall–Kier alpha value is -1.85. The lowest BCUT2D eigenvalue weighted by Gasteiger charge is -2.33. The average Bonchev–Trinajstić information content (AvgIpc) is 3.16. The van der Waals surface area contributed by atoms with E-state index in [1.807, 2.05) is 12.1 Å². The van der Waals surface area contributed by atoms with Crippen LogP contribution in [0.25, 0.3) is 11.5 Å². The van der Waals surface area contributed by atoms with E-state index in [4.69, 9.17) is 16.0 Å². The predicted octanol–water partition coefficient (Wildman–Crippen LogP) is 3.30. The fourth-order valence-corrected chi connectivity index (χ4v) is 3.30. The number of oxazole rings is 1. The lowest BCUT2D eigenvalue weighted by atomic mass is 9.96. The Bertz CT molecular complexity index is 719. The average molecular weight is 349 g/mol. The molecule has 0 spiro atoms. The first-order valence-corrected chi connectivity index (χ1v) is 8.44. The number of aliphatic hydroxyl groups is 1. The van der Waals surface area contributed by atoms with Gasteiger partial charge in [0.25, 0.3) is 0 Å². The molecule has 1 atom stereocenters. The maximum Gasteiger partial charge on any atom is 0.229 e. The summed E-state index contributed by atoms with van der Waals surface area (Å²) in [5, 5.41) is 10.9. The van der Waals surface area contributed by atoms with Crippen molar-refractivity contribution < 1.29 is 14.3 Å². The molecule has 3 rings (SSSR count). The lowest BCUT2D eigenvalue weighted by Crippen LogP contribution is -2.48. The number of nitrogens with zero attached hydrogens (tertiary/aromatic N) is 2. The van der Waals surface area contributed by atoms with Crippen molar-refractivity contribution in [1.29, 1.82) is 0 Å². The van der Waals surface area contributed by atoms with Gasteiger partial charge in [-0.25, -0.2) is 4.98 Å². The van der Waals surface area contributed by atoms with Gasteiger partial charge in [-0.15, -0.1) is 0 Å². The number of hydrogen-bond acceptors (Lipinski definition) is 4. The summed E-state index contributed by atoms with van der Waals surface area (Å²) in [5.41, 5.74) is 0.504. The van der Waals surface area contributed by atoms with E-state index in [1.165, 1.54) is 6.26 Å². The van der Waals surface area contributed by atoms with Gasteiger partial charge < -0.3 is 14.4 Å². The second-order valence-corrected chi connectivity index (χ2v) is 7.16. The first-order valence-electron chi connectivity index (χ1n) is 8.07. The van der Waals surface area contributed by atoms with Crippen molar-refractivity contribution >= 4 is 17.5 Å². The highest BCUT2D eigenvalue weighted by Crippen LogP contribution is 2.28. The van der Waals surface area contributed by atoms with E-state index in [1.54, 1.807) is 30.9 Å². The number of rotatable bonds is 4. The smallest absolute Gasteiger partial charge is 0.229 e. The Kier molecular flexibility index (Phi) is 4.65. The van der Waals surface area contributed by atoms with Crippen LogP contribution in [0.2, 0.25) is 5.02 Å². The molecular formula is C18H21ClN2O3. The fraction of sp³-hybridized carbons (Fsp3) is 0.444. The number of benzene rings is 1. The molecule has 1 N–H and O–H groups in total. The van der Waals surface area contributed by atoms with Gasteiger partial charge in [-0.05, 0) is 51.0 Å². The molecule has 128 valence electrons. The molecule has 0 radical (unpaired) electrons. The molecule has 1 unspecified atom stereocenters. The molecule has 1 aromatic heterocycles. The molecule has 2 aromatic rings. The van der Waals surface area contributed by atoms with Crippen LogP contribution in [-0.2, 0) is 11.2 Å². The number of carbonyl (C=O) groups excluding carboxylic acids is 1. The van der Waals surface area contributed by atoms with E-state index in [9.17, 15) is 9.90 Å². The van der Waals surface area contributed by atoms with Gasteiger partial charge in [0.05, 0.1) is 23.8 Å². The van der Waals surface area contributed by atoms with Crippen LogP contribution < -0.4 is 0 Å². The van der Waals surface area contributed by atoms with Crippen molar-refractivity contribution in [3.8, 4) is 11.5 Å². The Balaban J connectivity index is 1.70. The van der Waals surface area contributed by atoms with Gasteiger partial charge in [0.1, 0.15) is 6.26 Å². The zero-order valence-corrected chi connectivity index (χ0v) is 14.6. The maximum atomic E-state index is 12.6. The number of hydrogen-bond donors (Lipinski definition) is 1. The van der Waals surface area contributed by atoms with E-state index in [-0.39, 0.29) is 18.4 Å². The Morgan fingerprint density at radius 3 is 2.79 bits per heavy atom. The van der Waals surface area contributed by atoms with Crippen LogP contribution in [0.15, 0.2) is 34.9 Å². The minimum atomic E-state index is -0.898. The normalized spacial score (nSPS) is 18.2. The largest absolute Gasteiger partial charge is 0.444 e. The van der Waals surface area contributed by atoms with Crippen molar-refractivity contribution in [3.05, 3.63) is 41.2 Å². The Morgan fingerprint density at radius 2 is 2.12 bits per heavy atom. The molecular weight excluding hydrogens is 328 g/mol. The molecule has 6 heteroatoms. The molecule has 24 heavy (non-hydrogen) atoms. The first kappa shape index (κ1) is 17.0. The van der Waals surface area contributed by atoms with E-state index >= 15 is 0 Å². The quantitative estimate of drug-likeness (QED) is 0.920. The van der Waals surface area contributed by atoms with Crippen LogP contribution >= 0.6 is 11.6 Å². The Morgan fingerprint density at radius 1 is 1.42 bits per heavy atom. The first-order chi connectivity index (χ1) is 11.3. The van der Waals surface area contributed by atoms with Crippen molar-refractivity contribution in [3.63, 3.8) is 0 Å². The molecule has 1 amide bonds. The summed E-state index contributed by atoms with van der Waals surface area (Å²) in [7, 11) is 0. The lowest BCUT2D eigenvalue weighted by molar-refractivity contribution is -0.135. The second kappa shape index (κ2) is 6.57. The van der Waals surface area contributed by atoms with Crippen LogP contribution in [-0.4, -0.2) is 39.1 Å². The van der Waals surface area contributed by atoms with Crippen LogP contribution in [0.5, 0.6) is 0 Å². The number of amides is 1. The van der Waals surface area contributed by atoms with Crippen LogP contribution in [0.3, 0.4) is 0 Å². The van der Waals surface area contributed by atoms with Gasteiger partial charge in [-0.2, -0.15) is 0 Å². The summed E-state index contributed by atoms with van der Waals surface area (Å²) in [6.07, 6.45) is 3.42. The SMILES string of the molecule is CC(C)(O)C1CCCN1C(=O)Cc1coc(-c2ccc(Cl)cc2)n1. The van der Waals surface area contributed by atoms with E-state index < -0.39 is 5.60 Å². The number of aromatic nitrogens is 1. The topological polar surface area (TPSA) is 66.6 Å². The van der Waals surface area contributed by atoms with Crippen molar-refractivity contribution in [2.24, 2.45) is 0 Å². The van der Waals surface area contributed by atoms with Crippen molar-refractivity contribution in [2.45, 2.75) is 44.8 Å². The molecule has 0 bridgehead atoms. The maximum absolute atomic E-state index is 12.6. The standard InChI is InChI=1S/C18H21ClN2O3/c1-18(2,23)15-4-3-9-21(15)16(22)10-14-11-24-17(20-14)12-5-7-13(19)8-6-12/h5-8,11,15,23H,3-4,9-10H2,1-2H3. The summed E-state index contributed by atoms with van der Waals surface area (Å²) < 4.78 is 5.47. The van der Waals surface area contributed by atoms with E-state index in [2.05, 4.69) is 4.98 Å². The molecule has 1 aliphatic heterocycles. The minimum absolute atomic E-state index is 0.0319. The third-order valence-electron chi connectivity index (χ3n) is 4.36. The number of likely N-dealkylation sites (tertiary alicyclic amines) is 1. The van der Waals surface area contributed by atoms with Crippen LogP contribution in [0.4, 0.5) is 0 Å². The third-order valence-corrected chi connectivity index (χ3v) is 4.62. The predicted molar refractivity (Wildman–Crippen MR) is 91.7 cm³/mol. The summed E-state index contributed by atoms with van der Waals surface area (Å²) >= 11 is 5.87. The van der Waals surface area contributed by atoms with E-state index in [0.717, 1.165) is 18.4 Å². The highest BCUT2D eigenvalue weighted by Gasteiger charge is 2.38. The minimum Gasteiger partial charge on any atom is -0.444 e. The summed E-state index contributed by atoms with van der Waals surface area (Å²) in [6.45, 7) is 4.17. The summed E-state index contributed by atoms with van der Waals surface area (Å²) in [5.74, 6) is 0.436. The van der Waals surface area contributed by atoms with Gasteiger partial charge in [0, 0.05) is 17.1 Å². The zero-order valence-electron chi connectivity index (χ0n) is 13.8. The molecule has 1 saturated heterocycles. The van der Waals surface area contributed by atoms with Crippen molar-refractivity contribution in [1.82, 2.24) is 9.88 Å².